The molecule has 5 heteroatoms. The zero-order valence-electron chi connectivity index (χ0n) is 10.3. The zero-order valence-corrected chi connectivity index (χ0v) is 10.3. The lowest BCUT2D eigenvalue weighted by Crippen LogP contribution is -2.17. The van der Waals surface area contributed by atoms with Crippen LogP contribution in [-0.4, -0.2) is 16.1 Å². The molecule has 0 amide bonds. The Morgan fingerprint density at radius 1 is 1.38 bits per heavy atom. The first kappa shape index (κ1) is 12.7. The highest BCUT2D eigenvalue weighted by Gasteiger charge is 2.12. The molecule has 0 aliphatic carbocycles. The zero-order chi connectivity index (χ0) is 12.1. The summed E-state index contributed by atoms with van der Waals surface area (Å²) in [5.74, 6) is 7.13. The third-order valence-corrected chi connectivity index (χ3v) is 2.29. The van der Waals surface area contributed by atoms with Gasteiger partial charge in [0.2, 0.25) is 5.88 Å². The van der Waals surface area contributed by atoms with Gasteiger partial charge in [-0.1, -0.05) is 13.8 Å². The van der Waals surface area contributed by atoms with E-state index < -0.39 is 0 Å². The highest BCUT2D eigenvalue weighted by atomic mass is 16.5. The minimum atomic E-state index is 0.138. The quantitative estimate of drug-likeness (QED) is 0.590. The molecule has 3 N–H and O–H groups in total. The second-order valence-electron chi connectivity index (χ2n) is 4.35. The number of nitrogens with one attached hydrogen (secondary N) is 1. The van der Waals surface area contributed by atoms with Crippen molar-refractivity contribution in [1.29, 1.82) is 0 Å². The summed E-state index contributed by atoms with van der Waals surface area (Å²) in [5, 5.41) is 0. The monoisotopic (exact) mass is 224 g/mol. The molecule has 5 nitrogen and oxygen atoms in total. The lowest BCUT2D eigenvalue weighted by Gasteiger charge is -2.17. The number of rotatable bonds is 5. The predicted molar refractivity (Wildman–Crippen MR) is 64.1 cm³/mol. The van der Waals surface area contributed by atoms with Gasteiger partial charge in [0.05, 0.1) is 11.7 Å². The van der Waals surface area contributed by atoms with Gasteiger partial charge in [0.15, 0.2) is 0 Å². The predicted octanol–water partition coefficient (Wildman–Crippen LogP) is 1.88. The van der Waals surface area contributed by atoms with Crippen LogP contribution in [0, 0.1) is 12.8 Å². The lowest BCUT2D eigenvalue weighted by atomic mass is 10.1. The summed E-state index contributed by atoms with van der Waals surface area (Å²) < 4.78 is 5.75. The fourth-order valence-corrected chi connectivity index (χ4v) is 1.60. The first-order valence-electron chi connectivity index (χ1n) is 5.49. The molecule has 1 atom stereocenters. The van der Waals surface area contributed by atoms with Crippen molar-refractivity contribution < 1.29 is 4.74 Å². The molecule has 1 heterocycles. The van der Waals surface area contributed by atoms with Crippen molar-refractivity contribution in [1.82, 2.24) is 9.97 Å². The van der Waals surface area contributed by atoms with Crippen molar-refractivity contribution in [2.24, 2.45) is 11.8 Å². The Hall–Kier alpha value is -1.36. The number of anilines is 1. The van der Waals surface area contributed by atoms with Gasteiger partial charge in [0, 0.05) is 0 Å². The lowest BCUT2D eigenvalue weighted by molar-refractivity contribution is 0.184. The number of nitrogens with zero attached hydrogens (tertiary/aromatic N) is 2. The van der Waals surface area contributed by atoms with Crippen LogP contribution in [0.5, 0.6) is 5.88 Å². The summed E-state index contributed by atoms with van der Waals surface area (Å²) in [6.45, 7) is 8.25. The van der Waals surface area contributed by atoms with E-state index in [1.54, 1.807) is 0 Å². The summed E-state index contributed by atoms with van der Waals surface area (Å²) in [5.41, 5.74) is 3.35. The van der Waals surface area contributed by atoms with Crippen molar-refractivity contribution in [2.45, 2.75) is 40.2 Å². The number of hydrogen-bond acceptors (Lipinski definition) is 5. The number of hydrogen-bond donors (Lipinski definition) is 2. The highest BCUT2D eigenvalue weighted by molar-refractivity contribution is 5.46. The topological polar surface area (TPSA) is 73.1 Å². The summed E-state index contributed by atoms with van der Waals surface area (Å²) >= 11 is 0. The molecule has 0 bridgehead atoms. The Balaban J connectivity index is 2.73. The van der Waals surface area contributed by atoms with E-state index in [1.165, 1.54) is 6.33 Å². The van der Waals surface area contributed by atoms with Gasteiger partial charge in [0.1, 0.15) is 12.1 Å². The maximum atomic E-state index is 5.75. The maximum absolute atomic E-state index is 5.75. The van der Waals surface area contributed by atoms with Crippen molar-refractivity contribution in [3.05, 3.63) is 11.9 Å². The minimum absolute atomic E-state index is 0.138. The molecule has 0 fully saturated rings. The second kappa shape index (κ2) is 5.65. The van der Waals surface area contributed by atoms with E-state index in [0.717, 1.165) is 12.0 Å². The highest BCUT2D eigenvalue weighted by Crippen LogP contribution is 2.21. The van der Waals surface area contributed by atoms with E-state index in [4.69, 9.17) is 10.6 Å². The van der Waals surface area contributed by atoms with Crippen LogP contribution in [-0.2, 0) is 0 Å². The van der Waals surface area contributed by atoms with Crippen molar-refractivity contribution in [3.63, 3.8) is 0 Å². The third-order valence-electron chi connectivity index (χ3n) is 2.29. The standard InChI is InChI=1S/C11H20N4O/c1-7(2)5-8(3)16-11-9(4)10(15-12)13-6-14-11/h6-8H,5,12H2,1-4H3,(H,13,14,15). The van der Waals surface area contributed by atoms with Crippen LogP contribution in [0.1, 0.15) is 32.8 Å². The van der Waals surface area contributed by atoms with Crippen molar-refractivity contribution in [2.75, 3.05) is 5.43 Å². The van der Waals surface area contributed by atoms with Gasteiger partial charge >= 0.3 is 0 Å². The Bertz CT molecular complexity index is 341. The Kier molecular flexibility index (Phi) is 4.49. The van der Waals surface area contributed by atoms with E-state index in [9.17, 15) is 0 Å². The van der Waals surface area contributed by atoms with Gasteiger partial charge in [-0.25, -0.2) is 15.8 Å². The Morgan fingerprint density at radius 2 is 2.06 bits per heavy atom. The summed E-state index contributed by atoms with van der Waals surface area (Å²) in [7, 11) is 0. The van der Waals surface area contributed by atoms with Crippen LogP contribution in [0.2, 0.25) is 0 Å². The van der Waals surface area contributed by atoms with Gasteiger partial charge in [0.25, 0.3) is 0 Å². The van der Waals surface area contributed by atoms with E-state index in [0.29, 0.717) is 17.6 Å². The number of ether oxygens (including phenoxy) is 1. The molecule has 0 aromatic carbocycles. The molecule has 1 aromatic rings. The molecule has 0 aliphatic heterocycles. The molecule has 0 saturated carbocycles. The number of aromatic nitrogens is 2. The Labute approximate surface area is 96.4 Å². The number of nitrogen functional groups attached to an aromatic ring is 1. The average Bonchev–Trinajstić information content (AvgIpc) is 2.20. The van der Waals surface area contributed by atoms with Crippen LogP contribution >= 0.6 is 0 Å². The molecule has 0 saturated heterocycles. The van der Waals surface area contributed by atoms with Gasteiger partial charge in [-0.2, -0.15) is 0 Å². The SMILES string of the molecule is Cc1c(NN)ncnc1OC(C)CC(C)C. The third kappa shape index (κ3) is 3.34. The molecule has 0 radical (unpaired) electrons. The molecular formula is C11H20N4O. The average molecular weight is 224 g/mol. The molecule has 16 heavy (non-hydrogen) atoms. The van der Waals surface area contributed by atoms with E-state index in [2.05, 4.69) is 29.2 Å². The smallest absolute Gasteiger partial charge is 0.221 e. The fourth-order valence-electron chi connectivity index (χ4n) is 1.60. The summed E-state index contributed by atoms with van der Waals surface area (Å²) in [4.78, 5) is 8.10. The van der Waals surface area contributed by atoms with E-state index >= 15 is 0 Å². The van der Waals surface area contributed by atoms with Gasteiger partial charge in [-0.15, -0.1) is 0 Å². The molecule has 1 rings (SSSR count). The van der Waals surface area contributed by atoms with Crippen LogP contribution in [0.25, 0.3) is 0 Å². The first-order chi connectivity index (χ1) is 7.54. The van der Waals surface area contributed by atoms with Crippen LogP contribution in [0.15, 0.2) is 6.33 Å². The summed E-state index contributed by atoms with van der Waals surface area (Å²) in [6.07, 6.45) is 2.58. The van der Waals surface area contributed by atoms with Gasteiger partial charge in [-0.3, -0.25) is 0 Å². The van der Waals surface area contributed by atoms with Crippen molar-refractivity contribution >= 4 is 5.82 Å². The maximum Gasteiger partial charge on any atom is 0.221 e. The van der Waals surface area contributed by atoms with Crippen molar-refractivity contribution in [3.8, 4) is 5.88 Å². The number of hydrazine groups is 1. The molecule has 0 spiro atoms. The normalized spacial score (nSPS) is 12.6. The first-order valence-corrected chi connectivity index (χ1v) is 5.49. The Morgan fingerprint density at radius 3 is 2.62 bits per heavy atom. The number of nitrogens with two attached hydrogens (primary N) is 1. The molecule has 0 aliphatic rings. The molecule has 1 unspecified atom stereocenters. The molecule has 90 valence electrons. The van der Waals surface area contributed by atoms with Gasteiger partial charge in [-0.05, 0) is 26.2 Å². The second-order valence-corrected chi connectivity index (χ2v) is 4.35. The summed E-state index contributed by atoms with van der Waals surface area (Å²) in [6, 6.07) is 0. The van der Waals surface area contributed by atoms with E-state index in [1.807, 2.05) is 13.8 Å². The molecular weight excluding hydrogens is 204 g/mol. The van der Waals surface area contributed by atoms with Crippen LogP contribution in [0.4, 0.5) is 5.82 Å². The largest absolute Gasteiger partial charge is 0.474 e. The van der Waals surface area contributed by atoms with E-state index in [-0.39, 0.29) is 6.10 Å². The van der Waals surface area contributed by atoms with Crippen LogP contribution < -0.4 is 16.0 Å². The fraction of sp³-hybridized carbons (Fsp3) is 0.636. The molecule has 1 aromatic heterocycles. The van der Waals surface area contributed by atoms with Crippen LogP contribution in [0.3, 0.4) is 0 Å². The van der Waals surface area contributed by atoms with Gasteiger partial charge < -0.3 is 10.2 Å². The minimum Gasteiger partial charge on any atom is -0.474 e.